The van der Waals surface area contributed by atoms with Gasteiger partial charge in [-0.15, -0.1) is 0 Å². The highest BCUT2D eigenvalue weighted by atomic mass is 16.2. The van der Waals surface area contributed by atoms with Crippen molar-refractivity contribution in [1.29, 1.82) is 0 Å². The molecule has 0 radical (unpaired) electrons. The lowest BCUT2D eigenvalue weighted by atomic mass is 10.2. The maximum Gasteiger partial charge on any atom is 0.233 e. The third-order valence-corrected chi connectivity index (χ3v) is 5.15. The lowest BCUT2D eigenvalue weighted by Gasteiger charge is -2.34. The van der Waals surface area contributed by atoms with Crippen LogP contribution >= 0.6 is 0 Å². The van der Waals surface area contributed by atoms with Gasteiger partial charge in [-0.2, -0.15) is 0 Å². The maximum atomic E-state index is 12.2. The van der Waals surface area contributed by atoms with Gasteiger partial charge in [0.05, 0.1) is 0 Å². The minimum Gasteiger partial charge on any atom is -0.369 e. The summed E-state index contributed by atoms with van der Waals surface area (Å²) in [5.74, 6) is -0.516. The van der Waals surface area contributed by atoms with E-state index in [-0.39, 0.29) is 18.2 Å². The molecule has 3 rings (SSSR count). The number of nitrogens with one attached hydrogen (secondary N) is 1. The summed E-state index contributed by atoms with van der Waals surface area (Å²) in [7, 11) is 2.12. The number of hydrogen-bond acceptors (Lipinski definition) is 5. The summed E-state index contributed by atoms with van der Waals surface area (Å²) in [5, 5.41) is 2.79. The Morgan fingerprint density at radius 1 is 0.963 bits per heavy atom. The SMILES string of the molecule is CN1CCN(c2ccc(NC(=O)CC(=O)N3CCN(C=O)CC3)cc2)CC1. The summed E-state index contributed by atoms with van der Waals surface area (Å²) in [5.41, 5.74) is 1.83. The van der Waals surface area contributed by atoms with E-state index in [1.165, 1.54) is 0 Å². The molecular weight excluding hydrogens is 346 g/mol. The summed E-state index contributed by atoms with van der Waals surface area (Å²) < 4.78 is 0. The van der Waals surface area contributed by atoms with Crippen LogP contribution in [0.3, 0.4) is 0 Å². The molecule has 8 heteroatoms. The van der Waals surface area contributed by atoms with Crippen molar-refractivity contribution in [3.05, 3.63) is 24.3 Å². The van der Waals surface area contributed by atoms with E-state index in [4.69, 9.17) is 0 Å². The van der Waals surface area contributed by atoms with E-state index in [0.717, 1.165) is 38.3 Å². The first-order valence-electron chi connectivity index (χ1n) is 9.35. The predicted octanol–water partition coefficient (Wildman–Crippen LogP) is 0.0676. The third kappa shape index (κ3) is 5.19. The van der Waals surface area contributed by atoms with E-state index < -0.39 is 0 Å². The second-order valence-corrected chi connectivity index (χ2v) is 7.08. The molecule has 0 atom stereocenters. The van der Waals surface area contributed by atoms with Gasteiger partial charge in [0.25, 0.3) is 0 Å². The van der Waals surface area contributed by atoms with Gasteiger partial charge in [-0.1, -0.05) is 0 Å². The van der Waals surface area contributed by atoms with Gasteiger partial charge in [0.1, 0.15) is 6.42 Å². The monoisotopic (exact) mass is 373 g/mol. The number of benzene rings is 1. The molecule has 0 aromatic heterocycles. The second-order valence-electron chi connectivity index (χ2n) is 7.08. The quantitative estimate of drug-likeness (QED) is 0.584. The van der Waals surface area contributed by atoms with Crippen molar-refractivity contribution in [2.24, 2.45) is 0 Å². The van der Waals surface area contributed by atoms with Crippen LogP contribution in [-0.4, -0.2) is 92.3 Å². The molecule has 2 saturated heterocycles. The molecular formula is C19H27N5O3. The summed E-state index contributed by atoms with van der Waals surface area (Å²) in [4.78, 5) is 43.0. The first-order chi connectivity index (χ1) is 13.0. The number of rotatable bonds is 5. The molecule has 0 bridgehead atoms. The maximum absolute atomic E-state index is 12.2. The van der Waals surface area contributed by atoms with Crippen molar-refractivity contribution in [3.63, 3.8) is 0 Å². The fraction of sp³-hybridized carbons (Fsp3) is 0.526. The molecule has 0 spiro atoms. The topological polar surface area (TPSA) is 76.2 Å². The minimum absolute atomic E-state index is 0.179. The number of carbonyl (C=O) groups excluding carboxylic acids is 3. The summed E-state index contributed by atoms with van der Waals surface area (Å²) in [6, 6.07) is 7.75. The molecule has 1 aromatic rings. The highest BCUT2D eigenvalue weighted by Crippen LogP contribution is 2.19. The lowest BCUT2D eigenvalue weighted by molar-refractivity contribution is -0.137. The standard InChI is InChI=1S/C19H27N5O3/c1-21-6-10-23(11-7-21)17-4-2-16(3-5-17)20-18(26)14-19(27)24-12-8-22(15-25)9-13-24/h2-5,15H,6-14H2,1H3,(H,20,26). The molecule has 2 heterocycles. The van der Waals surface area contributed by atoms with Gasteiger partial charge in [0, 0.05) is 63.7 Å². The molecule has 0 unspecified atom stereocenters. The highest BCUT2D eigenvalue weighted by Gasteiger charge is 2.22. The normalized spacial score (nSPS) is 18.3. The zero-order chi connectivity index (χ0) is 19.2. The van der Waals surface area contributed by atoms with E-state index in [9.17, 15) is 14.4 Å². The predicted molar refractivity (Wildman–Crippen MR) is 104 cm³/mol. The minimum atomic E-state index is -0.315. The van der Waals surface area contributed by atoms with Crippen LogP contribution in [0.4, 0.5) is 11.4 Å². The van der Waals surface area contributed by atoms with Crippen LogP contribution in [0.25, 0.3) is 0 Å². The fourth-order valence-corrected chi connectivity index (χ4v) is 3.35. The van der Waals surface area contributed by atoms with Crippen LogP contribution < -0.4 is 10.2 Å². The Morgan fingerprint density at radius 2 is 1.59 bits per heavy atom. The number of likely N-dealkylation sites (N-methyl/N-ethyl adjacent to an activating group) is 1. The Labute approximate surface area is 159 Å². The van der Waals surface area contributed by atoms with Crippen molar-refractivity contribution in [3.8, 4) is 0 Å². The first kappa shape index (κ1) is 19.2. The molecule has 8 nitrogen and oxygen atoms in total. The number of anilines is 2. The van der Waals surface area contributed by atoms with Crippen molar-refractivity contribution in [2.75, 3.05) is 69.6 Å². The third-order valence-electron chi connectivity index (χ3n) is 5.15. The molecule has 0 saturated carbocycles. The molecule has 3 amide bonds. The van der Waals surface area contributed by atoms with Crippen molar-refractivity contribution in [1.82, 2.24) is 14.7 Å². The van der Waals surface area contributed by atoms with E-state index in [0.29, 0.717) is 31.9 Å². The zero-order valence-corrected chi connectivity index (χ0v) is 15.8. The van der Waals surface area contributed by atoms with Gasteiger partial charge in [-0.05, 0) is 31.3 Å². The van der Waals surface area contributed by atoms with Gasteiger partial charge in [-0.3, -0.25) is 14.4 Å². The number of amides is 3. The van der Waals surface area contributed by atoms with Crippen molar-refractivity contribution >= 4 is 29.6 Å². The molecule has 27 heavy (non-hydrogen) atoms. The number of carbonyl (C=O) groups is 3. The molecule has 2 fully saturated rings. The highest BCUT2D eigenvalue weighted by molar-refractivity contribution is 6.03. The van der Waals surface area contributed by atoms with Crippen LogP contribution in [0.2, 0.25) is 0 Å². The first-order valence-corrected chi connectivity index (χ1v) is 9.35. The van der Waals surface area contributed by atoms with Crippen LogP contribution in [0, 0.1) is 0 Å². The van der Waals surface area contributed by atoms with Crippen molar-refractivity contribution < 1.29 is 14.4 Å². The molecule has 0 aliphatic carbocycles. The average molecular weight is 373 g/mol. The van der Waals surface area contributed by atoms with E-state index in [1.807, 2.05) is 24.3 Å². The van der Waals surface area contributed by atoms with Crippen LogP contribution in [0.1, 0.15) is 6.42 Å². The summed E-state index contributed by atoms with van der Waals surface area (Å²) in [6.07, 6.45) is 0.613. The van der Waals surface area contributed by atoms with Gasteiger partial charge in [-0.25, -0.2) is 0 Å². The number of hydrogen-bond donors (Lipinski definition) is 1. The number of piperazine rings is 2. The van der Waals surface area contributed by atoms with Gasteiger partial charge in [0.15, 0.2) is 0 Å². The van der Waals surface area contributed by atoms with Crippen LogP contribution in [0.5, 0.6) is 0 Å². The van der Waals surface area contributed by atoms with E-state index >= 15 is 0 Å². The summed E-state index contributed by atoms with van der Waals surface area (Å²) >= 11 is 0. The Hall–Kier alpha value is -2.61. The van der Waals surface area contributed by atoms with E-state index in [2.05, 4.69) is 22.2 Å². The molecule has 1 N–H and O–H groups in total. The van der Waals surface area contributed by atoms with Gasteiger partial charge < -0.3 is 24.9 Å². The Bertz CT molecular complexity index is 662. The molecule has 1 aromatic carbocycles. The average Bonchev–Trinajstić information content (AvgIpc) is 2.69. The van der Waals surface area contributed by atoms with Crippen LogP contribution in [0.15, 0.2) is 24.3 Å². The Kier molecular flexibility index (Phi) is 6.28. The smallest absolute Gasteiger partial charge is 0.233 e. The Balaban J connectivity index is 1.46. The molecule has 146 valence electrons. The molecule has 2 aliphatic rings. The lowest BCUT2D eigenvalue weighted by Crippen LogP contribution is -2.48. The number of nitrogens with zero attached hydrogens (tertiary/aromatic N) is 4. The van der Waals surface area contributed by atoms with Crippen LogP contribution in [-0.2, 0) is 14.4 Å². The zero-order valence-electron chi connectivity index (χ0n) is 15.8. The van der Waals surface area contributed by atoms with Gasteiger partial charge >= 0.3 is 0 Å². The summed E-state index contributed by atoms with van der Waals surface area (Å²) in [6.45, 7) is 6.07. The molecule has 2 aliphatic heterocycles. The fourth-order valence-electron chi connectivity index (χ4n) is 3.35. The van der Waals surface area contributed by atoms with Gasteiger partial charge in [0.2, 0.25) is 18.2 Å². The van der Waals surface area contributed by atoms with E-state index in [1.54, 1.807) is 9.80 Å². The second kappa shape index (κ2) is 8.85. The largest absolute Gasteiger partial charge is 0.369 e. The Morgan fingerprint density at radius 3 is 2.19 bits per heavy atom. The van der Waals surface area contributed by atoms with Crippen molar-refractivity contribution in [2.45, 2.75) is 6.42 Å².